The number of halogens is 1. The van der Waals surface area contributed by atoms with E-state index in [1.54, 1.807) is 0 Å². The summed E-state index contributed by atoms with van der Waals surface area (Å²) < 4.78 is 6.12. The second-order valence-corrected chi connectivity index (χ2v) is 6.91. The van der Waals surface area contributed by atoms with Crippen LogP contribution in [-0.4, -0.2) is 12.6 Å². The predicted molar refractivity (Wildman–Crippen MR) is 73.6 cm³/mol. The van der Waals surface area contributed by atoms with Crippen molar-refractivity contribution in [2.45, 2.75) is 39.0 Å². The Balaban J connectivity index is 2.11. The molecular weight excluding hydrogens is 300 g/mol. The van der Waals surface area contributed by atoms with Gasteiger partial charge in [0.15, 0.2) is 0 Å². The highest BCUT2D eigenvalue weighted by Crippen LogP contribution is 2.34. The minimum Gasteiger partial charge on any atom is -0.462 e. The van der Waals surface area contributed by atoms with Gasteiger partial charge in [-0.3, -0.25) is 0 Å². The topological polar surface area (TPSA) is 26.3 Å². The zero-order chi connectivity index (χ0) is 12.3. The van der Waals surface area contributed by atoms with Gasteiger partial charge in [-0.25, -0.2) is 4.79 Å². The second kappa shape index (κ2) is 6.01. The lowest BCUT2D eigenvalue weighted by molar-refractivity contribution is 0.0531. The summed E-state index contributed by atoms with van der Waals surface area (Å²) in [6.45, 7) is 2.29. The van der Waals surface area contributed by atoms with Crippen LogP contribution in [0.2, 0.25) is 0 Å². The van der Waals surface area contributed by atoms with E-state index >= 15 is 0 Å². The van der Waals surface area contributed by atoms with E-state index < -0.39 is 0 Å². The maximum atomic E-state index is 11.8. The van der Waals surface area contributed by atoms with Gasteiger partial charge in [0.1, 0.15) is 4.88 Å². The maximum absolute atomic E-state index is 11.8. The van der Waals surface area contributed by atoms with Crippen molar-refractivity contribution in [2.75, 3.05) is 6.61 Å². The third-order valence-electron chi connectivity index (χ3n) is 3.22. The number of esters is 1. The quantitative estimate of drug-likeness (QED) is 0.768. The van der Waals surface area contributed by atoms with E-state index in [2.05, 4.69) is 22.0 Å². The molecule has 2 nitrogen and oxygen atoms in total. The monoisotopic (exact) mass is 316 g/mol. The fourth-order valence-corrected chi connectivity index (χ4v) is 4.02. The highest BCUT2D eigenvalue weighted by molar-refractivity contribution is 9.11. The molecule has 94 valence electrons. The van der Waals surface area contributed by atoms with E-state index in [4.69, 9.17) is 4.74 Å². The molecule has 1 aliphatic carbocycles. The highest BCUT2D eigenvalue weighted by atomic mass is 79.9. The summed E-state index contributed by atoms with van der Waals surface area (Å²) >= 11 is 4.95. The molecule has 0 amide bonds. The fraction of sp³-hybridized carbons (Fsp3) is 0.615. The number of thiophene rings is 1. The molecule has 0 radical (unpaired) electrons. The Morgan fingerprint density at radius 1 is 1.53 bits per heavy atom. The van der Waals surface area contributed by atoms with Gasteiger partial charge in [-0.1, -0.05) is 25.7 Å². The number of rotatable bonds is 4. The van der Waals surface area contributed by atoms with Crippen LogP contribution in [0.5, 0.6) is 0 Å². The van der Waals surface area contributed by atoms with E-state index in [0.717, 1.165) is 26.6 Å². The van der Waals surface area contributed by atoms with Crippen molar-refractivity contribution in [2.24, 2.45) is 5.92 Å². The molecule has 1 fully saturated rings. The summed E-state index contributed by atoms with van der Waals surface area (Å²) in [4.78, 5) is 12.6. The van der Waals surface area contributed by atoms with Crippen molar-refractivity contribution in [3.63, 3.8) is 0 Å². The molecule has 0 bridgehead atoms. The Labute approximate surface area is 114 Å². The molecule has 0 N–H and O–H groups in total. The third kappa shape index (κ3) is 3.32. The summed E-state index contributed by atoms with van der Waals surface area (Å²) in [6.07, 6.45) is 6.30. The van der Waals surface area contributed by atoms with Gasteiger partial charge >= 0.3 is 5.97 Å². The number of carbonyl (C=O) groups excluding carboxylic acids is 1. The van der Waals surface area contributed by atoms with Crippen molar-refractivity contribution in [3.05, 3.63) is 20.3 Å². The Kier molecular flexibility index (Phi) is 4.62. The lowest BCUT2D eigenvalue weighted by atomic mass is 9.98. The Bertz CT molecular complexity index is 394. The molecule has 17 heavy (non-hydrogen) atoms. The number of carbonyl (C=O) groups is 1. The van der Waals surface area contributed by atoms with Crippen LogP contribution in [-0.2, 0) is 11.2 Å². The summed E-state index contributed by atoms with van der Waals surface area (Å²) in [5, 5.41) is 0. The highest BCUT2D eigenvalue weighted by Gasteiger charge is 2.21. The molecule has 1 aromatic rings. The second-order valence-electron chi connectivity index (χ2n) is 4.48. The Hall–Kier alpha value is -0.350. The molecule has 0 unspecified atom stereocenters. The molecule has 1 aromatic heterocycles. The minimum atomic E-state index is -0.170. The first-order valence-corrected chi connectivity index (χ1v) is 7.77. The molecule has 1 aliphatic rings. The van der Waals surface area contributed by atoms with E-state index in [9.17, 15) is 4.79 Å². The summed E-state index contributed by atoms with van der Waals surface area (Å²) in [5.74, 6) is 0.584. The first-order valence-electron chi connectivity index (χ1n) is 6.16. The standard InChI is InChI=1S/C13H17BrO2S/c1-2-16-13(15)12-10(8-11(14)17-12)7-9-5-3-4-6-9/h8-9H,2-7H2,1H3. The predicted octanol–water partition coefficient (Wildman–Crippen LogP) is 4.42. The van der Waals surface area contributed by atoms with Gasteiger partial charge in [0.05, 0.1) is 10.4 Å². The van der Waals surface area contributed by atoms with Gasteiger partial charge in [0.25, 0.3) is 0 Å². The minimum absolute atomic E-state index is 0.170. The first kappa shape index (κ1) is 13.1. The van der Waals surface area contributed by atoms with Gasteiger partial charge in [0, 0.05) is 0 Å². The van der Waals surface area contributed by atoms with Crippen LogP contribution in [0.4, 0.5) is 0 Å². The smallest absolute Gasteiger partial charge is 0.348 e. The van der Waals surface area contributed by atoms with Crippen LogP contribution in [0.1, 0.15) is 47.8 Å². The van der Waals surface area contributed by atoms with Gasteiger partial charge in [0.2, 0.25) is 0 Å². The molecule has 2 rings (SSSR count). The molecular formula is C13H17BrO2S. The molecule has 0 aromatic carbocycles. The Morgan fingerprint density at radius 2 is 2.24 bits per heavy atom. The lowest BCUT2D eigenvalue weighted by Gasteiger charge is -2.08. The summed E-state index contributed by atoms with van der Waals surface area (Å²) in [6, 6.07) is 2.08. The zero-order valence-electron chi connectivity index (χ0n) is 10.0. The van der Waals surface area contributed by atoms with Crippen molar-refractivity contribution < 1.29 is 9.53 Å². The average Bonchev–Trinajstić information content (AvgIpc) is 2.89. The SMILES string of the molecule is CCOC(=O)c1sc(Br)cc1CC1CCCC1. The lowest BCUT2D eigenvalue weighted by Crippen LogP contribution is -2.07. The normalized spacial score (nSPS) is 16.4. The molecule has 4 heteroatoms. The van der Waals surface area contributed by atoms with Crippen LogP contribution >= 0.6 is 27.3 Å². The van der Waals surface area contributed by atoms with E-state index in [-0.39, 0.29) is 5.97 Å². The van der Waals surface area contributed by atoms with Gasteiger partial charge in [-0.15, -0.1) is 11.3 Å². The molecule has 1 heterocycles. The summed E-state index contributed by atoms with van der Waals surface area (Å²) in [7, 11) is 0. The van der Waals surface area contributed by atoms with Crippen molar-refractivity contribution in [1.29, 1.82) is 0 Å². The Morgan fingerprint density at radius 3 is 2.88 bits per heavy atom. The van der Waals surface area contributed by atoms with Crippen molar-refractivity contribution >= 4 is 33.2 Å². The van der Waals surface area contributed by atoms with Crippen LogP contribution in [0.3, 0.4) is 0 Å². The van der Waals surface area contributed by atoms with Crippen LogP contribution < -0.4 is 0 Å². The van der Waals surface area contributed by atoms with Gasteiger partial charge in [-0.2, -0.15) is 0 Å². The molecule has 0 atom stereocenters. The average molecular weight is 317 g/mol. The summed E-state index contributed by atoms with van der Waals surface area (Å²) in [5.41, 5.74) is 1.16. The number of hydrogen-bond donors (Lipinski definition) is 0. The van der Waals surface area contributed by atoms with Gasteiger partial charge < -0.3 is 4.74 Å². The fourth-order valence-electron chi connectivity index (χ4n) is 2.44. The third-order valence-corrected chi connectivity index (χ3v) is 4.88. The van der Waals surface area contributed by atoms with Crippen molar-refractivity contribution in [1.82, 2.24) is 0 Å². The van der Waals surface area contributed by atoms with Crippen LogP contribution in [0.15, 0.2) is 9.85 Å². The number of hydrogen-bond acceptors (Lipinski definition) is 3. The number of ether oxygens (including phenoxy) is 1. The maximum Gasteiger partial charge on any atom is 0.348 e. The molecule has 0 saturated heterocycles. The van der Waals surface area contributed by atoms with Crippen LogP contribution in [0.25, 0.3) is 0 Å². The zero-order valence-corrected chi connectivity index (χ0v) is 12.4. The first-order chi connectivity index (χ1) is 8.20. The molecule has 1 saturated carbocycles. The van der Waals surface area contributed by atoms with E-state index in [0.29, 0.717) is 6.61 Å². The van der Waals surface area contributed by atoms with E-state index in [1.165, 1.54) is 37.0 Å². The van der Waals surface area contributed by atoms with Crippen molar-refractivity contribution in [3.8, 4) is 0 Å². The molecule has 0 spiro atoms. The van der Waals surface area contributed by atoms with E-state index in [1.807, 2.05) is 6.92 Å². The largest absolute Gasteiger partial charge is 0.462 e. The van der Waals surface area contributed by atoms with Crippen LogP contribution in [0, 0.1) is 5.92 Å². The molecule has 0 aliphatic heterocycles. The van der Waals surface area contributed by atoms with Gasteiger partial charge in [-0.05, 0) is 46.8 Å².